The van der Waals surface area contributed by atoms with Gasteiger partial charge in [0.2, 0.25) is 5.91 Å². The Morgan fingerprint density at radius 3 is 2.50 bits per heavy atom. The molecule has 2 fully saturated rings. The van der Waals surface area contributed by atoms with Crippen LogP contribution in [-0.4, -0.2) is 37.8 Å². The van der Waals surface area contributed by atoms with Crippen LogP contribution in [0.4, 0.5) is 0 Å². The lowest BCUT2D eigenvalue weighted by Crippen LogP contribution is -2.44. The summed E-state index contributed by atoms with van der Waals surface area (Å²) in [7, 11) is 0. The Morgan fingerprint density at radius 1 is 1.25 bits per heavy atom. The van der Waals surface area contributed by atoms with E-state index in [1.54, 1.807) is 0 Å². The summed E-state index contributed by atoms with van der Waals surface area (Å²) in [6, 6.07) is 7.79. The molecule has 1 saturated heterocycles. The number of hydrogen-bond acceptors (Lipinski definition) is 2. The van der Waals surface area contributed by atoms with Gasteiger partial charge in [-0.05, 0) is 38.3 Å². The van der Waals surface area contributed by atoms with Crippen molar-refractivity contribution in [3.05, 3.63) is 34.7 Å². The molecule has 7 heteroatoms. The predicted molar refractivity (Wildman–Crippen MR) is 94.6 cm³/mol. The number of alkyl halides is 2. The van der Waals surface area contributed by atoms with E-state index in [4.69, 9.17) is 23.2 Å². The molecule has 5 nitrogen and oxygen atoms in total. The lowest BCUT2D eigenvalue weighted by molar-refractivity contribution is -0.137. The number of carbonyl (C=O) groups is 1. The van der Waals surface area contributed by atoms with Crippen molar-refractivity contribution in [1.82, 2.24) is 14.5 Å². The monoisotopic (exact) mass is 367 g/mol. The molecule has 1 saturated carbocycles. The van der Waals surface area contributed by atoms with Crippen molar-refractivity contribution in [2.75, 3.05) is 13.1 Å². The number of H-pyrrole nitrogens is 1. The van der Waals surface area contributed by atoms with E-state index in [-0.39, 0.29) is 17.6 Å². The average molecular weight is 368 g/mol. The van der Waals surface area contributed by atoms with Crippen molar-refractivity contribution in [1.29, 1.82) is 0 Å². The van der Waals surface area contributed by atoms with Gasteiger partial charge in [0.25, 0.3) is 0 Å². The number of imidazole rings is 1. The van der Waals surface area contributed by atoms with Gasteiger partial charge < -0.3 is 9.88 Å². The normalized spacial score (nSPS) is 26.7. The van der Waals surface area contributed by atoms with Crippen LogP contribution in [0, 0.1) is 5.41 Å². The van der Waals surface area contributed by atoms with Crippen LogP contribution in [0.3, 0.4) is 0 Å². The maximum Gasteiger partial charge on any atom is 0.326 e. The summed E-state index contributed by atoms with van der Waals surface area (Å²) in [5, 5.41) is 0. The zero-order valence-corrected chi connectivity index (χ0v) is 14.9. The van der Waals surface area contributed by atoms with Crippen LogP contribution >= 0.6 is 23.2 Å². The molecule has 1 amide bonds. The number of benzene rings is 1. The molecule has 2 aromatic rings. The molecule has 2 aliphatic rings. The summed E-state index contributed by atoms with van der Waals surface area (Å²) >= 11 is 12.3. The van der Waals surface area contributed by atoms with E-state index < -0.39 is 9.75 Å². The first-order valence-electron chi connectivity index (χ1n) is 8.20. The first-order valence-corrected chi connectivity index (χ1v) is 8.95. The lowest BCUT2D eigenvalue weighted by atomic mass is 10.0. The van der Waals surface area contributed by atoms with Crippen LogP contribution in [0.25, 0.3) is 11.0 Å². The maximum absolute atomic E-state index is 12.7. The third-order valence-electron chi connectivity index (χ3n) is 5.47. The van der Waals surface area contributed by atoms with E-state index in [1.165, 1.54) is 0 Å². The van der Waals surface area contributed by atoms with E-state index in [9.17, 15) is 9.59 Å². The number of aromatic amines is 1. The van der Waals surface area contributed by atoms with Crippen molar-refractivity contribution < 1.29 is 4.79 Å². The molecule has 1 unspecified atom stereocenters. The Bertz CT molecular complexity index is 864. The van der Waals surface area contributed by atoms with Gasteiger partial charge in [-0.1, -0.05) is 12.1 Å². The highest BCUT2D eigenvalue weighted by Crippen LogP contribution is 2.64. The van der Waals surface area contributed by atoms with Gasteiger partial charge in [0.15, 0.2) is 0 Å². The van der Waals surface area contributed by atoms with Crippen LogP contribution in [0.1, 0.15) is 32.2 Å². The Hall–Kier alpha value is -1.46. The Balaban J connectivity index is 1.51. The molecule has 1 aromatic carbocycles. The summed E-state index contributed by atoms with van der Waals surface area (Å²) in [6.45, 7) is 3.06. The molecule has 0 spiro atoms. The smallest absolute Gasteiger partial charge is 0.326 e. The number of likely N-dealkylation sites (tertiary alicyclic amines) is 1. The number of piperidine rings is 1. The number of nitrogens with zero attached hydrogens (tertiary/aromatic N) is 2. The van der Waals surface area contributed by atoms with Gasteiger partial charge in [-0.15, -0.1) is 23.2 Å². The van der Waals surface area contributed by atoms with E-state index >= 15 is 0 Å². The molecule has 1 atom stereocenters. The summed E-state index contributed by atoms with van der Waals surface area (Å²) in [5.41, 5.74) is 1.01. The largest absolute Gasteiger partial charge is 0.342 e. The van der Waals surface area contributed by atoms with Gasteiger partial charge in [-0.25, -0.2) is 4.79 Å². The van der Waals surface area contributed by atoms with E-state index in [0.29, 0.717) is 19.5 Å². The fourth-order valence-corrected chi connectivity index (χ4v) is 4.44. The van der Waals surface area contributed by atoms with E-state index in [0.717, 1.165) is 23.9 Å². The second-order valence-corrected chi connectivity index (χ2v) is 8.54. The van der Waals surface area contributed by atoms with Crippen molar-refractivity contribution >= 4 is 40.1 Å². The number of aromatic nitrogens is 2. The molecule has 0 radical (unpaired) electrons. The number of halogens is 2. The summed E-state index contributed by atoms with van der Waals surface area (Å²) in [4.78, 5) is 29.7. The fourth-order valence-electron chi connectivity index (χ4n) is 3.74. The molecule has 0 bridgehead atoms. The highest BCUT2D eigenvalue weighted by molar-refractivity contribution is 6.53. The highest BCUT2D eigenvalue weighted by atomic mass is 35.5. The lowest BCUT2D eigenvalue weighted by Gasteiger charge is -2.34. The summed E-state index contributed by atoms with van der Waals surface area (Å²) < 4.78 is 0.887. The second kappa shape index (κ2) is 5.27. The SMILES string of the molecule is CC1(C(=O)N2CCC(n3c(=O)[nH]c4ccccc43)CC2)CC1(Cl)Cl. The standard InChI is InChI=1S/C17H19Cl2N3O2/c1-16(10-17(16,18)19)14(23)21-8-6-11(7-9-21)22-13-5-3-2-4-12(13)20-15(22)24/h2-5,11H,6-10H2,1H3,(H,20,24). The second-order valence-electron chi connectivity index (χ2n) is 7.05. The molecular formula is C17H19Cl2N3O2. The van der Waals surface area contributed by atoms with Crippen LogP contribution in [0.2, 0.25) is 0 Å². The molecular weight excluding hydrogens is 349 g/mol. The number of hydrogen-bond donors (Lipinski definition) is 1. The van der Waals surface area contributed by atoms with Gasteiger partial charge in [-0.2, -0.15) is 0 Å². The van der Waals surface area contributed by atoms with Crippen molar-refractivity contribution in [2.24, 2.45) is 5.41 Å². The Morgan fingerprint density at radius 2 is 1.88 bits per heavy atom. The molecule has 1 aromatic heterocycles. The number of nitrogens with one attached hydrogen (secondary N) is 1. The number of fused-ring (bicyclic) bond motifs is 1. The first-order chi connectivity index (χ1) is 11.3. The van der Waals surface area contributed by atoms with Gasteiger partial charge in [0, 0.05) is 19.1 Å². The molecule has 24 heavy (non-hydrogen) atoms. The number of rotatable bonds is 2. The predicted octanol–water partition coefficient (Wildman–Crippen LogP) is 3.08. The van der Waals surface area contributed by atoms with Crippen molar-refractivity contribution in [3.63, 3.8) is 0 Å². The van der Waals surface area contributed by atoms with Gasteiger partial charge in [0.05, 0.1) is 16.4 Å². The minimum absolute atomic E-state index is 0.0252. The first kappa shape index (κ1) is 16.0. The van der Waals surface area contributed by atoms with Crippen LogP contribution < -0.4 is 5.69 Å². The van der Waals surface area contributed by atoms with E-state index in [2.05, 4.69) is 4.98 Å². The number of amides is 1. The topological polar surface area (TPSA) is 58.1 Å². The number of para-hydroxylation sites is 2. The molecule has 1 aliphatic carbocycles. The third kappa shape index (κ3) is 2.29. The van der Waals surface area contributed by atoms with Gasteiger partial charge in [-0.3, -0.25) is 9.36 Å². The van der Waals surface area contributed by atoms with Crippen LogP contribution in [0.15, 0.2) is 29.1 Å². The Kier molecular flexibility index (Phi) is 3.52. The van der Waals surface area contributed by atoms with Crippen molar-refractivity contribution in [3.8, 4) is 0 Å². The third-order valence-corrected chi connectivity index (χ3v) is 6.57. The molecule has 1 N–H and O–H groups in total. The summed E-state index contributed by atoms with van der Waals surface area (Å²) in [6.07, 6.45) is 2.01. The minimum Gasteiger partial charge on any atom is -0.342 e. The Labute approximate surface area is 149 Å². The van der Waals surface area contributed by atoms with Crippen molar-refractivity contribution in [2.45, 2.75) is 36.6 Å². The fraction of sp³-hybridized carbons (Fsp3) is 0.529. The van der Waals surface area contributed by atoms with Crippen LogP contribution in [-0.2, 0) is 4.79 Å². The molecule has 128 valence electrons. The number of carbonyl (C=O) groups excluding carboxylic acids is 1. The maximum atomic E-state index is 12.7. The zero-order chi connectivity index (χ0) is 17.1. The zero-order valence-electron chi connectivity index (χ0n) is 13.4. The minimum atomic E-state index is -0.936. The molecule has 1 aliphatic heterocycles. The van der Waals surface area contributed by atoms with E-state index in [1.807, 2.05) is 40.7 Å². The van der Waals surface area contributed by atoms with Crippen LogP contribution in [0.5, 0.6) is 0 Å². The molecule has 4 rings (SSSR count). The highest BCUT2D eigenvalue weighted by Gasteiger charge is 2.68. The quantitative estimate of drug-likeness (QED) is 0.829. The summed E-state index contributed by atoms with van der Waals surface area (Å²) in [5.74, 6) is 0.0252. The van der Waals surface area contributed by atoms with Gasteiger partial charge in [0.1, 0.15) is 4.33 Å². The average Bonchev–Trinajstić information content (AvgIpc) is 2.91. The molecule has 2 heterocycles. The van der Waals surface area contributed by atoms with Gasteiger partial charge >= 0.3 is 5.69 Å².